The zero-order chi connectivity index (χ0) is 25.5. The lowest BCUT2D eigenvalue weighted by atomic mass is 9.62. The van der Waals surface area contributed by atoms with Crippen LogP contribution in [0.1, 0.15) is 83.9 Å². The van der Waals surface area contributed by atoms with Gasteiger partial charge in [0.1, 0.15) is 0 Å². The van der Waals surface area contributed by atoms with Gasteiger partial charge in [0.05, 0.1) is 12.7 Å². The standard InChI is InChI=1S/C29H36O5S/c1-28(2)12-13-29(3,4)22-15-23-19(14-21(22)28)25(30)20(16-35-23)24(27(33-6)34-7)17-8-10-18(11-9-17)26(31)32-5/h8-11,14-15,20,24,27H,12-13,16H2,1-7H3. The molecule has 4 rings (SSSR count). The van der Waals surface area contributed by atoms with E-state index in [4.69, 9.17) is 14.2 Å². The number of thioether (sulfide) groups is 1. The fourth-order valence-corrected chi connectivity index (χ4v) is 6.79. The zero-order valence-corrected chi connectivity index (χ0v) is 22.6. The molecule has 0 spiro atoms. The number of hydrogen-bond acceptors (Lipinski definition) is 6. The Kier molecular flexibility index (Phi) is 7.20. The fourth-order valence-electron chi connectivity index (χ4n) is 5.56. The minimum Gasteiger partial charge on any atom is -0.465 e. The van der Waals surface area contributed by atoms with Gasteiger partial charge in [0.2, 0.25) is 0 Å². The van der Waals surface area contributed by atoms with Crippen molar-refractivity contribution in [1.82, 2.24) is 0 Å². The molecule has 0 saturated heterocycles. The summed E-state index contributed by atoms with van der Waals surface area (Å²) in [6.45, 7) is 9.18. The average Bonchev–Trinajstić information content (AvgIpc) is 2.85. The maximum absolute atomic E-state index is 14.0. The minimum atomic E-state index is -0.594. The maximum atomic E-state index is 14.0. The van der Waals surface area contributed by atoms with E-state index < -0.39 is 12.3 Å². The molecule has 0 N–H and O–H groups in total. The lowest BCUT2D eigenvalue weighted by Gasteiger charge is -2.43. The van der Waals surface area contributed by atoms with Crippen molar-refractivity contribution in [3.8, 4) is 0 Å². The van der Waals surface area contributed by atoms with Gasteiger partial charge in [-0.3, -0.25) is 4.79 Å². The summed E-state index contributed by atoms with van der Waals surface area (Å²) in [5, 5.41) is 0. The number of methoxy groups -OCH3 is 3. The number of fused-ring (bicyclic) bond motifs is 2. The molecule has 0 saturated carbocycles. The molecule has 1 aliphatic heterocycles. The number of benzene rings is 2. The maximum Gasteiger partial charge on any atom is 0.337 e. The van der Waals surface area contributed by atoms with Gasteiger partial charge >= 0.3 is 5.97 Å². The molecule has 2 atom stereocenters. The molecular formula is C29H36O5S. The first kappa shape index (κ1) is 25.9. The van der Waals surface area contributed by atoms with E-state index in [1.54, 1.807) is 38.1 Å². The summed E-state index contributed by atoms with van der Waals surface area (Å²) in [4.78, 5) is 27.0. The quantitative estimate of drug-likeness (QED) is 0.354. The Morgan fingerprint density at radius 2 is 1.51 bits per heavy atom. The van der Waals surface area contributed by atoms with Gasteiger partial charge in [0, 0.05) is 42.3 Å². The molecule has 0 fully saturated rings. The molecular weight excluding hydrogens is 460 g/mol. The molecule has 2 aliphatic rings. The van der Waals surface area contributed by atoms with Crippen molar-refractivity contribution in [2.24, 2.45) is 5.92 Å². The molecule has 188 valence electrons. The van der Waals surface area contributed by atoms with Crippen molar-refractivity contribution >= 4 is 23.5 Å². The highest BCUT2D eigenvalue weighted by molar-refractivity contribution is 7.99. The summed E-state index contributed by atoms with van der Waals surface area (Å²) in [6.07, 6.45) is 1.64. The van der Waals surface area contributed by atoms with Crippen LogP contribution in [0.15, 0.2) is 41.3 Å². The van der Waals surface area contributed by atoms with Crippen LogP contribution in [0.5, 0.6) is 0 Å². The first-order chi connectivity index (χ1) is 16.5. The van der Waals surface area contributed by atoms with Gasteiger partial charge in [-0.05, 0) is 64.6 Å². The monoisotopic (exact) mass is 496 g/mol. The predicted octanol–water partition coefficient (Wildman–Crippen LogP) is 6.13. The normalized spacial score (nSPS) is 21.3. The minimum absolute atomic E-state index is 0.0302. The van der Waals surface area contributed by atoms with E-state index in [-0.39, 0.29) is 28.4 Å². The van der Waals surface area contributed by atoms with Gasteiger partial charge < -0.3 is 14.2 Å². The number of carbonyl (C=O) groups excluding carboxylic acids is 2. The Morgan fingerprint density at radius 1 is 0.943 bits per heavy atom. The average molecular weight is 497 g/mol. The van der Waals surface area contributed by atoms with Gasteiger partial charge in [-0.25, -0.2) is 4.79 Å². The van der Waals surface area contributed by atoms with E-state index in [2.05, 4.69) is 39.8 Å². The Bertz CT molecular complexity index is 1110. The molecule has 0 radical (unpaired) electrons. The van der Waals surface area contributed by atoms with Crippen molar-refractivity contribution in [2.75, 3.05) is 27.1 Å². The SMILES string of the molecule is COC(=O)c1ccc(C(C(OC)OC)C2CSc3cc4c(cc3C2=O)C(C)(C)CCC4(C)C)cc1. The van der Waals surface area contributed by atoms with E-state index in [9.17, 15) is 9.59 Å². The van der Waals surface area contributed by atoms with Crippen molar-refractivity contribution in [2.45, 2.75) is 68.5 Å². The molecule has 0 bridgehead atoms. The summed E-state index contributed by atoms with van der Waals surface area (Å²) in [5.74, 6) is -0.260. The molecule has 0 aromatic heterocycles. The van der Waals surface area contributed by atoms with Crippen LogP contribution in [-0.2, 0) is 25.0 Å². The van der Waals surface area contributed by atoms with Gasteiger partial charge in [-0.1, -0.05) is 39.8 Å². The van der Waals surface area contributed by atoms with Crippen molar-refractivity contribution in [1.29, 1.82) is 0 Å². The summed E-state index contributed by atoms with van der Waals surface area (Å²) < 4.78 is 16.2. The van der Waals surface area contributed by atoms with Crippen LogP contribution < -0.4 is 0 Å². The van der Waals surface area contributed by atoms with E-state index in [0.29, 0.717) is 11.3 Å². The summed E-state index contributed by atoms with van der Waals surface area (Å²) in [7, 11) is 4.56. The Morgan fingerprint density at radius 3 is 2.06 bits per heavy atom. The second-order valence-electron chi connectivity index (χ2n) is 10.9. The molecule has 2 unspecified atom stereocenters. The second-order valence-corrected chi connectivity index (χ2v) is 12.0. The van der Waals surface area contributed by atoms with Gasteiger partial charge in [0.15, 0.2) is 12.1 Å². The number of ether oxygens (including phenoxy) is 3. The van der Waals surface area contributed by atoms with Crippen molar-refractivity contribution < 1.29 is 23.8 Å². The lowest BCUT2D eigenvalue weighted by Crippen LogP contribution is -2.38. The number of Topliss-reactive ketones (excluding diaryl/α,β-unsaturated/α-hetero) is 1. The number of rotatable bonds is 6. The molecule has 5 nitrogen and oxygen atoms in total. The van der Waals surface area contributed by atoms with Crippen LogP contribution in [-0.4, -0.2) is 45.1 Å². The largest absolute Gasteiger partial charge is 0.465 e. The van der Waals surface area contributed by atoms with Crippen LogP contribution in [0.3, 0.4) is 0 Å². The molecule has 1 heterocycles. The van der Waals surface area contributed by atoms with Gasteiger partial charge in [-0.2, -0.15) is 0 Å². The first-order valence-corrected chi connectivity index (χ1v) is 13.1. The van der Waals surface area contributed by atoms with Crippen LogP contribution in [0.2, 0.25) is 0 Å². The van der Waals surface area contributed by atoms with Gasteiger partial charge in [-0.15, -0.1) is 11.8 Å². The van der Waals surface area contributed by atoms with E-state index in [1.165, 1.54) is 18.2 Å². The molecule has 35 heavy (non-hydrogen) atoms. The number of carbonyl (C=O) groups is 2. The summed E-state index contributed by atoms with van der Waals surface area (Å²) >= 11 is 1.74. The third kappa shape index (κ3) is 4.68. The Balaban J connectivity index is 1.76. The topological polar surface area (TPSA) is 61.8 Å². The van der Waals surface area contributed by atoms with Crippen LogP contribution in [0.25, 0.3) is 0 Å². The highest BCUT2D eigenvalue weighted by Gasteiger charge is 2.43. The molecule has 2 aromatic rings. The van der Waals surface area contributed by atoms with E-state index in [0.717, 1.165) is 28.9 Å². The van der Waals surface area contributed by atoms with Crippen LogP contribution in [0.4, 0.5) is 0 Å². The van der Waals surface area contributed by atoms with E-state index in [1.807, 2.05) is 12.1 Å². The molecule has 2 aromatic carbocycles. The number of esters is 1. The van der Waals surface area contributed by atoms with Crippen molar-refractivity contribution in [3.63, 3.8) is 0 Å². The summed E-state index contributed by atoms with van der Waals surface area (Å²) in [6, 6.07) is 11.6. The highest BCUT2D eigenvalue weighted by atomic mass is 32.2. The first-order valence-electron chi connectivity index (χ1n) is 12.1. The number of ketones is 1. The van der Waals surface area contributed by atoms with Crippen LogP contribution >= 0.6 is 11.8 Å². The van der Waals surface area contributed by atoms with E-state index >= 15 is 0 Å². The summed E-state index contributed by atoms with van der Waals surface area (Å²) in [5.41, 5.74) is 4.95. The molecule has 1 aliphatic carbocycles. The third-order valence-corrected chi connectivity index (χ3v) is 9.06. The highest BCUT2D eigenvalue weighted by Crippen LogP contribution is 2.50. The molecule has 6 heteroatoms. The molecule has 0 amide bonds. The third-order valence-electron chi connectivity index (χ3n) is 7.88. The second kappa shape index (κ2) is 9.72. The Hall–Kier alpha value is -2.15. The van der Waals surface area contributed by atoms with Crippen LogP contribution in [0, 0.1) is 5.92 Å². The fraction of sp³-hybridized carbons (Fsp3) is 0.517. The number of hydrogen-bond donors (Lipinski definition) is 0. The van der Waals surface area contributed by atoms with Crippen molar-refractivity contribution in [3.05, 3.63) is 64.2 Å². The van der Waals surface area contributed by atoms with Gasteiger partial charge in [0.25, 0.3) is 0 Å². The Labute approximate surface area is 212 Å². The predicted molar refractivity (Wildman–Crippen MR) is 139 cm³/mol. The zero-order valence-electron chi connectivity index (χ0n) is 21.8. The smallest absolute Gasteiger partial charge is 0.337 e. The lowest BCUT2D eigenvalue weighted by molar-refractivity contribution is -0.124.